The van der Waals surface area contributed by atoms with Gasteiger partial charge in [-0.05, 0) is 68.7 Å². The summed E-state index contributed by atoms with van der Waals surface area (Å²) in [6, 6.07) is 7.63. The van der Waals surface area contributed by atoms with E-state index in [0.29, 0.717) is 47.0 Å². The van der Waals surface area contributed by atoms with Gasteiger partial charge in [0.25, 0.3) is 0 Å². The van der Waals surface area contributed by atoms with Crippen LogP contribution in [-0.2, 0) is 4.79 Å². The van der Waals surface area contributed by atoms with E-state index in [0.717, 1.165) is 5.56 Å². The summed E-state index contributed by atoms with van der Waals surface area (Å²) < 4.78 is 22.9. The molecule has 224 valence electrons. The number of carbonyl (C=O) groups is 1. The minimum Gasteiger partial charge on any atom is -0.497 e. The van der Waals surface area contributed by atoms with Crippen molar-refractivity contribution in [2.24, 2.45) is 0 Å². The third-order valence-corrected chi connectivity index (χ3v) is 8.20. The number of benzene rings is 1. The van der Waals surface area contributed by atoms with Gasteiger partial charge in [0.1, 0.15) is 23.1 Å². The molecule has 0 bridgehead atoms. The maximum absolute atomic E-state index is 16.1. The molecule has 1 aliphatic heterocycles. The predicted octanol–water partition coefficient (Wildman–Crippen LogP) is 5.69. The van der Waals surface area contributed by atoms with E-state index in [1.54, 1.807) is 29.3 Å². The number of fused-ring (bicyclic) bond motifs is 1. The molecule has 1 saturated heterocycles. The van der Waals surface area contributed by atoms with Gasteiger partial charge < -0.3 is 14.5 Å². The van der Waals surface area contributed by atoms with Crippen LogP contribution in [0.2, 0.25) is 5.02 Å². The van der Waals surface area contributed by atoms with Crippen molar-refractivity contribution in [3.05, 3.63) is 81.8 Å². The maximum atomic E-state index is 16.1. The van der Waals surface area contributed by atoms with E-state index >= 15 is 4.39 Å². The first-order chi connectivity index (χ1) is 20.5. The number of anilines is 1. The molecule has 1 amide bonds. The Labute approximate surface area is 254 Å². The second-order valence-corrected chi connectivity index (χ2v) is 11.6. The molecule has 0 N–H and O–H groups in total. The van der Waals surface area contributed by atoms with E-state index in [1.807, 2.05) is 45.6 Å². The smallest absolute Gasteiger partial charge is 0.355 e. The number of amides is 1. The Morgan fingerprint density at radius 3 is 2.58 bits per heavy atom. The number of ether oxygens (including phenoxy) is 1. The van der Waals surface area contributed by atoms with Crippen LogP contribution in [0.1, 0.15) is 44.9 Å². The van der Waals surface area contributed by atoms with Crippen LogP contribution >= 0.6 is 11.6 Å². The molecule has 0 saturated carbocycles. The molecule has 1 fully saturated rings. The van der Waals surface area contributed by atoms with Crippen molar-refractivity contribution in [3.63, 3.8) is 0 Å². The summed E-state index contributed by atoms with van der Waals surface area (Å²) in [5.74, 6) is -0.0604. The highest BCUT2D eigenvalue weighted by Gasteiger charge is 2.34. The number of hydrogen-bond acceptors (Lipinski definition) is 7. The monoisotopic (exact) mass is 604 g/mol. The second-order valence-electron chi connectivity index (χ2n) is 11.2. The molecule has 4 heterocycles. The first kappa shape index (κ1) is 30.2. The van der Waals surface area contributed by atoms with Gasteiger partial charge in [-0.2, -0.15) is 4.98 Å². The van der Waals surface area contributed by atoms with Gasteiger partial charge in [-0.1, -0.05) is 32.0 Å². The van der Waals surface area contributed by atoms with Crippen LogP contribution in [0.5, 0.6) is 5.75 Å². The van der Waals surface area contributed by atoms with Gasteiger partial charge >= 0.3 is 5.69 Å². The van der Waals surface area contributed by atoms with E-state index in [9.17, 15) is 9.59 Å². The summed E-state index contributed by atoms with van der Waals surface area (Å²) in [4.78, 5) is 44.1. The highest BCUT2D eigenvalue weighted by Crippen LogP contribution is 2.37. The Morgan fingerprint density at radius 2 is 1.91 bits per heavy atom. The number of piperazine rings is 1. The Morgan fingerprint density at radius 1 is 1.16 bits per heavy atom. The minimum atomic E-state index is -0.635. The fraction of sp³-hybridized carbons (Fsp3) is 0.344. The molecule has 1 aromatic carbocycles. The molecular formula is C32H34ClFN6O3. The van der Waals surface area contributed by atoms with Gasteiger partial charge in [0.05, 0.1) is 28.9 Å². The number of aromatic nitrogens is 4. The third-order valence-electron chi connectivity index (χ3n) is 7.87. The van der Waals surface area contributed by atoms with E-state index in [-0.39, 0.29) is 40.3 Å². The van der Waals surface area contributed by atoms with Gasteiger partial charge in [0, 0.05) is 36.9 Å². The molecule has 4 aromatic rings. The van der Waals surface area contributed by atoms with Crippen molar-refractivity contribution in [2.75, 3.05) is 25.1 Å². The third kappa shape index (κ3) is 5.35. The van der Waals surface area contributed by atoms with Crippen molar-refractivity contribution < 1.29 is 13.9 Å². The number of rotatable bonds is 6. The molecule has 0 spiro atoms. The lowest BCUT2D eigenvalue weighted by Gasteiger charge is -2.44. The Balaban J connectivity index is 1.84. The molecule has 1 aliphatic rings. The molecule has 0 aliphatic carbocycles. The highest BCUT2D eigenvalue weighted by molar-refractivity contribution is 6.33. The lowest BCUT2D eigenvalue weighted by molar-refractivity contribution is -0.128. The molecule has 2 atom stereocenters. The zero-order valence-electron chi connectivity index (χ0n) is 25.1. The zero-order chi connectivity index (χ0) is 31.2. The van der Waals surface area contributed by atoms with Gasteiger partial charge in [-0.3, -0.25) is 9.78 Å². The SMILES string of the molecule is C=CC(=O)N1C[C@H](C)N(c2nc(=O)n(-c3c(C)ccnc3C(C)C)c3nc(-c4cc(OC)ccc4Cl)c(F)cc23)C[C@H]1C. The lowest BCUT2D eigenvalue weighted by Crippen LogP contribution is -2.58. The normalized spacial score (nSPS) is 17.0. The van der Waals surface area contributed by atoms with Crippen LogP contribution in [0.15, 0.2) is 54.0 Å². The van der Waals surface area contributed by atoms with Gasteiger partial charge in [-0.15, -0.1) is 0 Å². The number of nitrogens with zero attached hydrogens (tertiary/aromatic N) is 6. The first-order valence-electron chi connectivity index (χ1n) is 14.1. The van der Waals surface area contributed by atoms with Gasteiger partial charge in [-0.25, -0.2) is 18.7 Å². The average molecular weight is 605 g/mol. The molecule has 0 radical (unpaired) electrons. The van der Waals surface area contributed by atoms with Crippen molar-refractivity contribution >= 4 is 34.4 Å². The number of methoxy groups -OCH3 is 1. The Bertz CT molecular complexity index is 1810. The fourth-order valence-corrected chi connectivity index (χ4v) is 5.87. The van der Waals surface area contributed by atoms with E-state index < -0.39 is 11.5 Å². The minimum absolute atomic E-state index is 0.0272. The molecule has 43 heavy (non-hydrogen) atoms. The standard InChI is InChI=1S/C32H34ClFN6O3/c1-8-26(41)38-15-20(6)39(16-19(38)5)30-23-14-25(34)28(22-13-21(43-7)9-10-24(22)33)36-31(23)40(32(42)37-30)29-18(4)11-12-35-27(29)17(2)3/h8-14,17,19-20H,1,15-16H2,2-7H3/t19-,20+/m1/s1. The van der Waals surface area contributed by atoms with E-state index in [2.05, 4.69) is 16.5 Å². The van der Waals surface area contributed by atoms with E-state index in [4.69, 9.17) is 21.3 Å². The number of aryl methyl sites for hydroxylation is 1. The van der Waals surface area contributed by atoms with Gasteiger partial charge in [0.2, 0.25) is 5.91 Å². The number of hydrogen-bond donors (Lipinski definition) is 0. The highest BCUT2D eigenvalue weighted by atomic mass is 35.5. The van der Waals surface area contributed by atoms with Gasteiger partial charge in [0.15, 0.2) is 5.65 Å². The lowest BCUT2D eigenvalue weighted by atomic mass is 10.0. The molecular weight excluding hydrogens is 571 g/mol. The zero-order valence-corrected chi connectivity index (χ0v) is 25.8. The maximum Gasteiger partial charge on any atom is 0.355 e. The number of halogens is 2. The molecule has 0 unspecified atom stereocenters. The fourth-order valence-electron chi connectivity index (χ4n) is 5.66. The largest absolute Gasteiger partial charge is 0.497 e. The summed E-state index contributed by atoms with van der Waals surface area (Å²) in [6.45, 7) is 14.1. The molecule has 11 heteroatoms. The predicted molar refractivity (Wildman–Crippen MR) is 167 cm³/mol. The van der Waals surface area contributed by atoms with Crippen LogP contribution in [0, 0.1) is 12.7 Å². The Hall–Kier alpha value is -4.31. The quantitative estimate of drug-likeness (QED) is 0.261. The Kier molecular flexibility index (Phi) is 8.25. The average Bonchev–Trinajstić information content (AvgIpc) is 2.98. The number of carbonyl (C=O) groups excluding carboxylic acids is 1. The molecule has 5 rings (SSSR count). The molecule has 9 nitrogen and oxygen atoms in total. The van der Waals surface area contributed by atoms with Crippen molar-refractivity contribution in [1.82, 2.24) is 24.4 Å². The summed E-state index contributed by atoms with van der Waals surface area (Å²) in [5.41, 5.74) is 1.96. The van der Waals surface area contributed by atoms with Crippen LogP contribution in [-0.4, -0.2) is 62.6 Å². The number of pyridine rings is 2. The summed E-state index contributed by atoms with van der Waals surface area (Å²) in [7, 11) is 1.51. The molecule has 3 aromatic heterocycles. The topological polar surface area (TPSA) is 93.5 Å². The van der Waals surface area contributed by atoms with Crippen molar-refractivity contribution in [2.45, 2.75) is 52.6 Å². The van der Waals surface area contributed by atoms with Crippen molar-refractivity contribution in [3.8, 4) is 22.7 Å². The van der Waals surface area contributed by atoms with E-state index in [1.165, 1.54) is 23.8 Å². The van der Waals surface area contributed by atoms with Crippen LogP contribution in [0.25, 0.3) is 28.0 Å². The summed E-state index contributed by atoms with van der Waals surface area (Å²) in [5, 5.41) is 0.626. The second kappa shape index (κ2) is 11.8. The summed E-state index contributed by atoms with van der Waals surface area (Å²) in [6.07, 6.45) is 2.99. The van der Waals surface area contributed by atoms with Crippen LogP contribution in [0.4, 0.5) is 10.2 Å². The van der Waals surface area contributed by atoms with Crippen LogP contribution in [0.3, 0.4) is 0 Å². The first-order valence-corrected chi connectivity index (χ1v) is 14.5. The summed E-state index contributed by atoms with van der Waals surface area (Å²) >= 11 is 6.53. The van der Waals surface area contributed by atoms with Crippen LogP contribution < -0.4 is 15.3 Å². The van der Waals surface area contributed by atoms with Crippen molar-refractivity contribution in [1.29, 1.82) is 0 Å².